The molecule has 6 heteroatoms. The molecule has 0 radical (unpaired) electrons. The molecule has 1 aliphatic heterocycles. The standard InChI is InChI=1S/C13H21NO5/c1-5-17-10(15)13(6-8(13)9-7-18-9)14-11(16)19-12(2,3)4/h8-9H,5-7H2,1-4H3,(H,14,16)/t8-,9?,13+/m1/s1. The van der Waals surface area contributed by atoms with Crippen LogP contribution in [-0.2, 0) is 19.0 Å². The second-order valence-corrected chi connectivity index (χ2v) is 6.00. The van der Waals surface area contributed by atoms with E-state index in [0.29, 0.717) is 13.0 Å². The van der Waals surface area contributed by atoms with Crippen LogP contribution in [0.1, 0.15) is 34.1 Å². The van der Waals surface area contributed by atoms with Crippen LogP contribution < -0.4 is 5.32 Å². The van der Waals surface area contributed by atoms with Gasteiger partial charge in [0, 0.05) is 5.92 Å². The lowest BCUT2D eigenvalue weighted by atomic mass is 10.1. The lowest BCUT2D eigenvalue weighted by molar-refractivity contribution is -0.147. The third-order valence-electron chi connectivity index (χ3n) is 3.19. The van der Waals surface area contributed by atoms with Crippen LogP contribution >= 0.6 is 0 Å². The summed E-state index contributed by atoms with van der Waals surface area (Å²) in [6.07, 6.45) is 0.0125. The van der Waals surface area contributed by atoms with Gasteiger partial charge in [-0.15, -0.1) is 0 Å². The van der Waals surface area contributed by atoms with Gasteiger partial charge in [0.15, 0.2) is 0 Å². The van der Waals surface area contributed by atoms with E-state index in [0.717, 1.165) is 0 Å². The summed E-state index contributed by atoms with van der Waals surface area (Å²) in [5, 5.41) is 2.66. The zero-order valence-corrected chi connectivity index (χ0v) is 11.8. The van der Waals surface area contributed by atoms with E-state index in [1.165, 1.54) is 0 Å². The fourth-order valence-electron chi connectivity index (χ4n) is 2.20. The summed E-state index contributed by atoms with van der Waals surface area (Å²) >= 11 is 0. The first-order valence-corrected chi connectivity index (χ1v) is 6.58. The number of rotatable bonds is 4. The maximum atomic E-state index is 12.0. The van der Waals surface area contributed by atoms with Crippen molar-refractivity contribution in [2.24, 2.45) is 5.92 Å². The highest BCUT2D eigenvalue weighted by Gasteiger charge is 2.68. The van der Waals surface area contributed by atoms with Crippen molar-refractivity contribution < 1.29 is 23.8 Å². The van der Waals surface area contributed by atoms with Crippen LogP contribution in [0.15, 0.2) is 0 Å². The number of amides is 1. The molecule has 108 valence electrons. The topological polar surface area (TPSA) is 77.2 Å². The largest absolute Gasteiger partial charge is 0.464 e. The molecule has 0 spiro atoms. The Morgan fingerprint density at radius 2 is 2.05 bits per heavy atom. The minimum atomic E-state index is -0.959. The van der Waals surface area contributed by atoms with Crippen LogP contribution in [0.4, 0.5) is 4.79 Å². The molecular formula is C13H21NO5. The molecule has 0 aromatic carbocycles. The van der Waals surface area contributed by atoms with Crippen LogP contribution in [0.3, 0.4) is 0 Å². The first-order chi connectivity index (χ1) is 8.78. The van der Waals surface area contributed by atoms with Crippen molar-refractivity contribution in [1.29, 1.82) is 0 Å². The highest BCUT2D eigenvalue weighted by molar-refractivity contribution is 5.90. The quantitative estimate of drug-likeness (QED) is 0.614. The Balaban J connectivity index is 1.99. The molecule has 1 heterocycles. The Hall–Kier alpha value is -1.30. The minimum absolute atomic E-state index is 0.000863. The maximum absolute atomic E-state index is 12.0. The Morgan fingerprint density at radius 3 is 2.53 bits per heavy atom. The van der Waals surface area contributed by atoms with Gasteiger partial charge >= 0.3 is 12.1 Å². The minimum Gasteiger partial charge on any atom is -0.464 e. The number of hydrogen-bond donors (Lipinski definition) is 1. The Kier molecular flexibility index (Phi) is 3.47. The zero-order chi connectivity index (χ0) is 14.3. The molecular weight excluding hydrogens is 250 g/mol. The molecule has 2 aliphatic rings. The van der Waals surface area contributed by atoms with Crippen LogP contribution in [0, 0.1) is 5.92 Å². The van der Waals surface area contributed by atoms with Crippen molar-refractivity contribution in [1.82, 2.24) is 5.32 Å². The SMILES string of the molecule is CCOC(=O)[C@]1(NC(=O)OC(C)(C)C)C[C@@H]1C1CO1. The van der Waals surface area contributed by atoms with E-state index in [4.69, 9.17) is 14.2 Å². The number of carbonyl (C=O) groups excluding carboxylic acids is 2. The molecule has 0 aromatic heterocycles. The van der Waals surface area contributed by atoms with Gasteiger partial charge in [-0.05, 0) is 34.1 Å². The molecule has 2 rings (SSSR count). The average Bonchev–Trinajstić information content (AvgIpc) is 3.07. The number of ether oxygens (including phenoxy) is 3. The summed E-state index contributed by atoms with van der Waals surface area (Å²) in [5.41, 5.74) is -1.56. The summed E-state index contributed by atoms with van der Waals surface area (Å²) < 4.78 is 15.4. The molecule has 0 aromatic rings. The molecule has 1 saturated carbocycles. The van der Waals surface area contributed by atoms with Crippen LogP contribution in [-0.4, -0.2) is 42.5 Å². The average molecular weight is 271 g/mol. The van der Waals surface area contributed by atoms with Gasteiger partial charge in [-0.2, -0.15) is 0 Å². The van der Waals surface area contributed by atoms with Gasteiger partial charge < -0.3 is 19.5 Å². The lowest BCUT2D eigenvalue weighted by Gasteiger charge is -2.23. The smallest absolute Gasteiger partial charge is 0.408 e. The van der Waals surface area contributed by atoms with E-state index < -0.39 is 23.2 Å². The number of esters is 1. The van der Waals surface area contributed by atoms with Gasteiger partial charge in [-0.3, -0.25) is 0 Å². The van der Waals surface area contributed by atoms with Gasteiger partial charge in [0.05, 0.1) is 19.3 Å². The number of carbonyl (C=O) groups is 2. The third-order valence-corrected chi connectivity index (χ3v) is 3.19. The summed E-state index contributed by atoms with van der Waals surface area (Å²) in [6.45, 7) is 7.99. The summed E-state index contributed by atoms with van der Waals surface area (Å²) in [7, 11) is 0. The van der Waals surface area contributed by atoms with Gasteiger partial charge in [0.2, 0.25) is 0 Å². The molecule has 6 nitrogen and oxygen atoms in total. The Bertz CT molecular complexity index is 385. The molecule has 19 heavy (non-hydrogen) atoms. The van der Waals surface area contributed by atoms with E-state index in [-0.39, 0.29) is 18.6 Å². The first kappa shape index (κ1) is 14.1. The summed E-state index contributed by atoms with van der Waals surface area (Å²) in [5.74, 6) is -0.402. The third kappa shape index (κ3) is 3.18. The van der Waals surface area contributed by atoms with Gasteiger partial charge in [-0.1, -0.05) is 0 Å². The van der Waals surface area contributed by atoms with Crippen molar-refractivity contribution in [3.05, 3.63) is 0 Å². The van der Waals surface area contributed by atoms with Gasteiger partial charge in [0.1, 0.15) is 11.1 Å². The highest BCUT2D eigenvalue weighted by Crippen LogP contribution is 2.51. The zero-order valence-electron chi connectivity index (χ0n) is 11.8. The fourth-order valence-corrected chi connectivity index (χ4v) is 2.20. The first-order valence-electron chi connectivity index (χ1n) is 6.58. The van der Waals surface area contributed by atoms with Crippen molar-refractivity contribution >= 4 is 12.1 Å². The maximum Gasteiger partial charge on any atom is 0.408 e. The van der Waals surface area contributed by atoms with E-state index in [2.05, 4.69) is 5.32 Å². The summed E-state index contributed by atoms with van der Waals surface area (Å²) in [6, 6.07) is 0. The summed E-state index contributed by atoms with van der Waals surface area (Å²) in [4.78, 5) is 23.9. The van der Waals surface area contributed by atoms with E-state index >= 15 is 0 Å². The fraction of sp³-hybridized carbons (Fsp3) is 0.846. The van der Waals surface area contributed by atoms with Crippen LogP contribution in [0.25, 0.3) is 0 Å². The van der Waals surface area contributed by atoms with Crippen molar-refractivity contribution in [2.75, 3.05) is 13.2 Å². The lowest BCUT2D eigenvalue weighted by Crippen LogP contribution is -2.48. The molecule has 1 amide bonds. The predicted octanol–water partition coefficient (Wildman–Crippen LogP) is 1.23. The van der Waals surface area contributed by atoms with Crippen LogP contribution in [0.2, 0.25) is 0 Å². The van der Waals surface area contributed by atoms with Gasteiger partial charge in [-0.25, -0.2) is 9.59 Å². The van der Waals surface area contributed by atoms with Crippen molar-refractivity contribution in [3.63, 3.8) is 0 Å². The second kappa shape index (κ2) is 4.67. The predicted molar refractivity (Wildman–Crippen MR) is 66.6 cm³/mol. The molecule has 1 N–H and O–H groups in total. The van der Waals surface area contributed by atoms with Gasteiger partial charge in [0.25, 0.3) is 0 Å². The van der Waals surface area contributed by atoms with Crippen LogP contribution in [0.5, 0.6) is 0 Å². The normalized spacial score (nSPS) is 32.4. The van der Waals surface area contributed by atoms with Crippen molar-refractivity contribution in [3.8, 4) is 0 Å². The number of nitrogens with one attached hydrogen (secondary N) is 1. The highest BCUT2D eigenvalue weighted by atomic mass is 16.6. The number of epoxide rings is 1. The molecule has 3 atom stereocenters. The molecule has 2 fully saturated rings. The van der Waals surface area contributed by atoms with E-state index in [1.54, 1.807) is 27.7 Å². The number of alkyl carbamates (subject to hydrolysis) is 1. The molecule has 1 unspecified atom stereocenters. The molecule has 1 saturated heterocycles. The Labute approximate surface area is 112 Å². The van der Waals surface area contributed by atoms with Crippen molar-refractivity contribution in [2.45, 2.75) is 51.4 Å². The van der Waals surface area contributed by atoms with E-state index in [9.17, 15) is 9.59 Å². The number of hydrogen-bond acceptors (Lipinski definition) is 5. The molecule has 1 aliphatic carbocycles. The second-order valence-electron chi connectivity index (χ2n) is 6.00. The van der Waals surface area contributed by atoms with E-state index in [1.807, 2.05) is 0 Å². The molecule has 0 bridgehead atoms. The Morgan fingerprint density at radius 1 is 1.42 bits per heavy atom. The monoisotopic (exact) mass is 271 g/mol.